The van der Waals surface area contributed by atoms with E-state index in [-0.39, 0.29) is 12.1 Å². The van der Waals surface area contributed by atoms with Gasteiger partial charge in [-0.1, -0.05) is 0 Å². The van der Waals surface area contributed by atoms with E-state index >= 15 is 0 Å². The molecule has 0 saturated carbocycles. The lowest BCUT2D eigenvalue weighted by Gasteiger charge is -2.24. The average molecular weight is 510 g/mol. The predicted octanol–water partition coefficient (Wildman–Crippen LogP) is 4.30. The highest BCUT2D eigenvalue weighted by atomic mass is 127. The van der Waals surface area contributed by atoms with Crippen molar-refractivity contribution in [2.45, 2.75) is 45.9 Å². The molecule has 2 rings (SSSR count). The molecule has 0 bridgehead atoms. The lowest BCUT2D eigenvalue weighted by atomic mass is 10.1. The van der Waals surface area contributed by atoms with Crippen molar-refractivity contribution < 1.29 is 19.1 Å². The molecule has 1 aromatic carbocycles. The zero-order chi connectivity index (χ0) is 20.2. The molecule has 1 aliphatic rings. The van der Waals surface area contributed by atoms with Crippen LogP contribution in [0.3, 0.4) is 0 Å². The third kappa shape index (κ3) is 5.78. The molecule has 7 nitrogen and oxygen atoms in total. The minimum atomic E-state index is -0.551. The third-order valence-electron chi connectivity index (χ3n) is 3.83. The Morgan fingerprint density at radius 3 is 2.63 bits per heavy atom. The number of hydrogen-bond donors (Lipinski definition) is 2. The van der Waals surface area contributed by atoms with Crippen LogP contribution in [-0.4, -0.2) is 42.2 Å². The van der Waals surface area contributed by atoms with E-state index in [0.29, 0.717) is 43.4 Å². The van der Waals surface area contributed by atoms with Crippen molar-refractivity contribution in [2.75, 3.05) is 24.9 Å². The molecule has 0 saturated heterocycles. The van der Waals surface area contributed by atoms with Gasteiger partial charge in [0.05, 0.1) is 22.9 Å². The second-order valence-electron chi connectivity index (χ2n) is 7.17. The molecule has 0 aromatic heterocycles. The Balaban J connectivity index is 2.18. The van der Waals surface area contributed by atoms with Gasteiger partial charge in [0.25, 0.3) is 0 Å². The molecule has 9 heteroatoms. The van der Waals surface area contributed by atoms with E-state index in [4.69, 9.17) is 21.1 Å². The highest BCUT2D eigenvalue weighted by molar-refractivity contribution is 14.1. The van der Waals surface area contributed by atoms with Gasteiger partial charge < -0.3 is 20.1 Å². The van der Waals surface area contributed by atoms with Crippen LogP contribution in [0.2, 0.25) is 0 Å². The standard InChI is InChI=1S/C18H25ClIN3O4/c1-18(2,3)27-17(25)23-9-11-8-13(22-16(24)21-7-5-6-19)15(26-4)14(20)12(11)10-23/h8H,5-7,9-10H2,1-4H3,(H2,21,22,24). The normalized spacial score (nSPS) is 13.2. The van der Waals surface area contributed by atoms with Gasteiger partial charge in [0.1, 0.15) is 5.60 Å². The van der Waals surface area contributed by atoms with E-state index in [1.807, 2.05) is 26.8 Å². The van der Waals surface area contributed by atoms with Gasteiger partial charge in [-0.3, -0.25) is 4.90 Å². The Kier molecular flexibility index (Phi) is 7.44. The quantitative estimate of drug-likeness (QED) is 0.352. The summed E-state index contributed by atoms with van der Waals surface area (Å²) in [5.74, 6) is 1.06. The Bertz CT molecular complexity index is 722. The number of fused-ring (bicyclic) bond motifs is 1. The number of carbonyl (C=O) groups is 2. The SMILES string of the molecule is COc1c(NC(=O)NCCCCl)cc2c(c1I)CN(C(=O)OC(C)(C)C)C2. The van der Waals surface area contributed by atoms with Crippen molar-refractivity contribution in [3.05, 3.63) is 20.8 Å². The van der Waals surface area contributed by atoms with Gasteiger partial charge in [-0.2, -0.15) is 0 Å². The molecule has 1 aliphatic heterocycles. The Morgan fingerprint density at radius 1 is 1.33 bits per heavy atom. The fraction of sp³-hybridized carbons (Fsp3) is 0.556. The second-order valence-corrected chi connectivity index (χ2v) is 8.63. The molecule has 0 aliphatic carbocycles. The molecule has 0 fully saturated rings. The summed E-state index contributed by atoms with van der Waals surface area (Å²) in [6, 6.07) is 1.53. The van der Waals surface area contributed by atoms with Gasteiger partial charge in [0, 0.05) is 19.0 Å². The number of alkyl halides is 1. The van der Waals surface area contributed by atoms with Gasteiger partial charge in [0.15, 0.2) is 5.75 Å². The van der Waals surface area contributed by atoms with E-state index < -0.39 is 5.60 Å². The van der Waals surface area contributed by atoms with Crippen molar-refractivity contribution >= 4 is 52.0 Å². The number of methoxy groups -OCH3 is 1. The Hall–Kier alpha value is -1.42. The molecule has 0 spiro atoms. The molecule has 2 N–H and O–H groups in total. The molecule has 0 atom stereocenters. The monoisotopic (exact) mass is 509 g/mol. The summed E-state index contributed by atoms with van der Waals surface area (Å²) in [6.45, 7) is 6.88. The van der Waals surface area contributed by atoms with E-state index in [2.05, 4.69) is 33.2 Å². The zero-order valence-corrected chi connectivity index (χ0v) is 18.9. The number of ether oxygens (including phenoxy) is 2. The number of carbonyl (C=O) groups excluding carboxylic acids is 2. The number of nitrogens with zero attached hydrogens (tertiary/aromatic N) is 1. The summed E-state index contributed by atoms with van der Waals surface area (Å²) in [7, 11) is 1.56. The summed E-state index contributed by atoms with van der Waals surface area (Å²) in [4.78, 5) is 26.1. The topological polar surface area (TPSA) is 79.9 Å². The van der Waals surface area contributed by atoms with Crippen LogP contribution in [0.15, 0.2) is 6.07 Å². The molecule has 3 amide bonds. The first-order valence-corrected chi connectivity index (χ1v) is 10.2. The van der Waals surface area contributed by atoms with Crippen LogP contribution >= 0.6 is 34.2 Å². The molecule has 0 unspecified atom stereocenters. The lowest BCUT2D eigenvalue weighted by Crippen LogP contribution is -2.33. The number of amides is 3. The summed E-state index contributed by atoms with van der Waals surface area (Å²) >= 11 is 7.80. The van der Waals surface area contributed by atoms with Crippen LogP contribution in [0, 0.1) is 3.57 Å². The number of benzene rings is 1. The van der Waals surface area contributed by atoms with Gasteiger partial charge in [-0.15, -0.1) is 11.6 Å². The molecule has 0 radical (unpaired) electrons. The summed E-state index contributed by atoms with van der Waals surface area (Å²) in [5, 5.41) is 5.56. The summed E-state index contributed by atoms with van der Waals surface area (Å²) in [5.41, 5.74) is 1.98. The fourth-order valence-corrected chi connectivity index (χ4v) is 3.83. The largest absolute Gasteiger partial charge is 0.493 e. The number of hydrogen-bond acceptors (Lipinski definition) is 4. The molecule has 150 valence electrons. The van der Waals surface area contributed by atoms with Crippen molar-refractivity contribution in [3.8, 4) is 5.75 Å². The van der Waals surface area contributed by atoms with E-state index in [0.717, 1.165) is 14.7 Å². The Labute approximate surface area is 178 Å². The van der Waals surface area contributed by atoms with Crippen LogP contribution in [0.4, 0.5) is 15.3 Å². The number of urea groups is 1. The first-order chi connectivity index (χ1) is 12.7. The lowest BCUT2D eigenvalue weighted by molar-refractivity contribution is 0.0241. The maximum Gasteiger partial charge on any atom is 0.410 e. The van der Waals surface area contributed by atoms with Gasteiger partial charge >= 0.3 is 12.1 Å². The maximum absolute atomic E-state index is 12.4. The molecule has 1 heterocycles. The number of anilines is 1. The molecule has 1 aromatic rings. The summed E-state index contributed by atoms with van der Waals surface area (Å²) < 4.78 is 11.8. The highest BCUT2D eigenvalue weighted by Crippen LogP contribution is 2.39. The van der Waals surface area contributed by atoms with Crippen LogP contribution in [0.25, 0.3) is 0 Å². The summed E-state index contributed by atoms with van der Waals surface area (Å²) in [6.07, 6.45) is 0.334. The minimum Gasteiger partial charge on any atom is -0.493 e. The van der Waals surface area contributed by atoms with Crippen molar-refractivity contribution in [2.24, 2.45) is 0 Å². The molecular formula is C18H25ClIN3O4. The van der Waals surface area contributed by atoms with Crippen molar-refractivity contribution in [1.82, 2.24) is 10.2 Å². The number of halogens is 2. The van der Waals surface area contributed by atoms with Gasteiger partial charge in [-0.25, -0.2) is 9.59 Å². The van der Waals surface area contributed by atoms with E-state index in [1.165, 1.54) is 0 Å². The predicted molar refractivity (Wildman–Crippen MR) is 114 cm³/mol. The molecular weight excluding hydrogens is 485 g/mol. The zero-order valence-electron chi connectivity index (χ0n) is 15.9. The minimum absolute atomic E-state index is 0.323. The maximum atomic E-state index is 12.4. The van der Waals surface area contributed by atoms with Crippen LogP contribution in [0.5, 0.6) is 5.75 Å². The van der Waals surface area contributed by atoms with Crippen LogP contribution in [0.1, 0.15) is 38.3 Å². The second kappa shape index (κ2) is 9.18. The van der Waals surface area contributed by atoms with Gasteiger partial charge in [-0.05, 0) is 67.0 Å². The molecule has 27 heavy (non-hydrogen) atoms. The van der Waals surface area contributed by atoms with Crippen molar-refractivity contribution in [3.63, 3.8) is 0 Å². The van der Waals surface area contributed by atoms with Crippen molar-refractivity contribution in [1.29, 1.82) is 0 Å². The number of nitrogens with one attached hydrogen (secondary N) is 2. The van der Waals surface area contributed by atoms with Crippen LogP contribution in [-0.2, 0) is 17.8 Å². The first-order valence-electron chi connectivity index (χ1n) is 8.63. The smallest absolute Gasteiger partial charge is 0.410 e. The van der Waals surface area contributed by atoms with E-state index in [9.17, 15) is 9.59 Å². The highest BCUT2D eigenvalue weighted by Gasteiger charge is 2.31. The fourth-order valence-electron chi connectivity index (χ4n) is 2.67. The number of rotatable bonds is 5. The Morgan fingerprint density at radius 2 is 2.04 bits per heavy atom. The van der Waals surface area contributed by atoms with E-state index in [1.54, 1.807) is 12.0 Å². The van der Waals surface area contributed by atoms with Crippen LogP contribution < -0.4 is 15.4 Å². The first kappa shape index (κ1) is 21.9. The van der Waals surface area contributed by atoms with Gasteiger partial charge in [0.2, 0.25) is 0 Å². The third-order valence-corrected chi connectivity index (χ3v) is 5.23. The average Bonchev–Trinajstić information content (AvgIpc) is 2.98.